The fourth-order valence-corrected chi connectivity index (χ4v) is 7.07. The Morgan fingerprint density at radius 3 is 1.69 bits per heavy atom. The average molecular weight is 218 g/mol. The van der Waals surface area contributed by atoms with E-state index < -0.39 is 0 Å². The molecule has 0 amide bonds. The van der Waals surface area contributed by atoms with Crippen LogP contribution in [-0.2, 0) is 0 Å². The van der Waals surface area contributed by atoms with Crippen LogP contribution in [0.1, 0.15) is 78.1 Å². The van der Waals surface area contributed by atoms with Gasteiger partial charge in [0.2, 0.25) is 0 Å². The number of hydrogen-bond acceptors (Lipinski definition) is 0. The van der Waals surface area contributed by atoms with E-state index in [1.54, 1.807) is 44.9 Å². The highest BCUT2D eigenvalue weighted by Gasteiger charge is 2.85. The highest BCUT2D eigenvalue weighted by molar-refractivity contribution is 5.33. The molecule has 0 N–H and O–H groups in total. The summed E-state index contributed by atoms with van der Waals surface area (Å²) in [5, 5.41) is 0. The molecular weight excluding hydrogens is 192 g/mol. The SMILES string of the molecule is CC12CCCCCC(C)(C1)C13CCCC21C3. The second-order valence-electron chi connectivity index (χ2n) is 8.05. The van der Waals surface area contributed by atoms with E-state index >= 15 is 0 Å². The molecule has 4 saturated carbocycles. The van der Waals surface area contributed by atoms with Crippen molar-refractivity contribution in [2.24, 2.45) is 21.7 Å². The largest absolute Gasteiger partial charge is 0.0591 e. The molecule has 0 aromatic heterocycles. The second kappa shape index (κ2) is 2.54. The molecule has 90 valence electrons. The van der Waals surface area contributed by atoms with Crippen molar-refractivity contribution in [2.45, 2.75) is 78.1 Å². The van der Waals surface area contributed by atoms with Crippen LogP contribution in [-0.4, -0.2) is 0 Å². The van der Waals surface area contributed by atoms with E-state index in [2.05, 4.69) is 13.8 Å². The minimum Gasteiger partial charge on any atom is -0.0591 e. The third kappa shape index (κ3) is 0.782. The summed E-state index contributed by atoms with van der Waals surface area (Å²) in [6, 6.07) is 0. The Balaban J connectivity index is 1.85. The van der Waals surface area contributed by atoms with Crippen molar-refractivity contribution in [1.82, 2.24) is 0 Å². The van der Waals surface area contributed by atoms with Crippen LogP contribution >= 0.6 is 0 Å². The van der Waals surface area contributed by atoms with E-state index in [-0.39, 0.29) is 0 Å². The predicted molar refractivity (Wildman–Crippen MR) is 67.3 cm³/mol. The van der Waals surface area contributed by atoms with E-state index in [1.807, 2.05) is 0 Å². The van der Waals surface area contributed by atoms with E-state index in [1.165, 1.54) is 19.3 Å². The zero-order valence-corrected chi connectivity index (χ0v) is 11.1. The van der Waals surface area contributed by atoms with Gasteiger partial charge in [-0.25, -0.2) is 0 Å². The lowest BCUT2D eigenvalue weighted by Gasteiger charge is -2.41. The molecule has 0 radical (unpaired) electrons. The summed E-state index contributed by atoms with van der Waals surface area (Å²) in [5.74, 6) is 0. The Bertz CT molecular complexity index is 316. The lowest BCUT2D eigenvalue weighted by atomic mass is 9.64. The van der Waals surface area contributed by atoms with Gasteiger partial charge in [0, 0.05) is 0 Å². The first-order valence-electron chi connectivity index (χ1n) is 7.58. The van der Waals surface area contributed by atoms with Crippen molar-refractivity contribution in [3.63, 3.8) is 0 Å². The van der Waals surface area contributed by atoms with Crippen LogP contribution in [0.2, 0.25) is 0 Å². The molecular formula is C16H26. The molecule has 4 aliphatic carbocycles. The van der Waals surface area contributed by atoms with Gasteiger partial charge in [0.25, 0.3) is 0 Å². The topological polar surface area (TPSA) is 0 Å². The Labute approximate surface area is 100 Å². The number of hydrogen-bond donors (Lipinski definition) is 0. The standard InChI is InChI=1S/C16H26/c1-13-7-4-3-5-8-14(2,11-13)16-10-6-9-15(13,16)12-16/h3-12H2,1-2H3. The van der Waals surface area contributed by atoms with E-state index in [4.69, 9.17) is 0 Å². The molecule has 0 nitrogen and oxygen atoms in total. The predicted octanol–water partition coefficient (Wildman–Crippen LogP) is 4.93. The minimum atomic E-state index is 0.735. The van der Waals surface area contributed by atoms with Crippen molar-refractivity contribution < 1.29 is 0 Å². The van der Waals surface area contributed by atoms with Crippen molar-refractivity contribution >= 4 is 0 Å². The molecule has 0 heteroatoms. The molecule has 4 aliphatic rings. The van der Waals surface area contributed by atoms with Crippen LogP contribution in [0.4, 0.5) is 0 Å². The fourth-order valence-electron chi connectivity index (χ4n) is 7.07. The molecule has 16 heavy (non-hydrogen) atoms. The first kappa shape index (κ1) is 9.97. The highest BCUT2D eigenvalue weighted by atomic mass is 14.9. The van der Waals surface area contributed by atoms with Gasteiger partial charge in [-0.15, -0.1) is 0 Å². The van der Waals surface area contributed by atoms with Gasteiger partial charge < -0.3 is 0 Å². The normalized spacial score (nSPS) is 63.4. The summed E-state index contributed by atoms with van der Waals surface area (Å²) in [4.78, 5) is 0. The van der Waals surface area contributed by atoms with Gasteiger partial charge in [0.05, 0.1) is 0 Å². The molecule has 4 unspecified atom stereocenters. The number of rotatable bonds is 0. The maximum atomic E-state index is 2.66. The van der Waals surface area contributed by atoms with E-state index in [9.17, 15) is 0 Å². The number of fused-ring (bicyclic) bond motifs is 2. The van der Waals surface area contributed by atoms with Crippen molar-refractivity contribution in [1.29, 1.82) is 0 Å². The summed E-state index contributed by atoms with van der Waals surface area (Å²) < 4.78 is 0. The highest BCUT2D eigenvalue weighted by Crippen LogP contribution is 2.93. The Kier molecular flexibility index (Phi) is 1.59. The van der Waals surface area contributed by atoms with Crippen molar-refractivity contribution in [3.8, 4) is 0 Å². The Hall–Kier alpha value is 0. The zero-order valence-electron chi connectivity index (χ0n) is 11.1. The molecule has 0 heterocycles. The Morgan fingerprint density at radius 1 is 0.562 bits per heavy atom. The summed E-state index contributed by atoms with van der Waals surface area (Å²) in [5.41, 5.74) is 3.13. The molecule has 0 aromatic carbocycles. The molecule has 2 bridgehead atoms. The second-order valence-corrected chi connectivity index (χ2v) is 8.05. The Morgan fingerprint density at radius 2 is 1.12 bits per heavy atom. The van der Waals surface area contributed by atoms with E-state index in [0.717, 1.165) is 21.7 Å². The lowest BCUT2D eigenvalue weighted by Crippen LogP contribution is -2.30. The first-order valence-corrected chi connectivity index (χ1v) is 7.58. The van der Waals surface area contributed by atoms with Gasteiger partial charge in [-0.05, 0) is 60.2 Å². The van der Waals surface area contributed by atoms with Crippen LogP contribution in [0, 0.1) is 21.7 Å². The molecule has 0 saturated heterocycles. The summed E-state index contributed by atoms with van der Waals surface area (Å²) >= 11 is 0. The smallest absolute Gasteiger partial charge is 0.0176 e. The average Bonchev–Trinajstić information content (AvgIpc) is 2.71. The van der Waals surface area contributed by atoms with Crippen LogP contribution in [0.15, 0.2) is 0 Å². The van der Waals surface area contributed by atoms with Crippen molar-refractivity contribution in [2.75, 3.05) is 0 Å². The maximum Gasteiger partial charge on any atom is -0.0176 e. The summed E-state index contributed by atoms with van der Waals surface area (Å²) in [6.07, 6.45) is 15.5. The zero-order chi connectivity index (χ0) is 11.1. The molecule has 4 fully saturated rings. The molecule has 0 spiro atoms. The van der Waals surface area contributed by atoms with Crippen LogP contribution in [0.25, 0.3) is 0 Å². The third-order valence-corrected chi connectivity index (χ3v) is 7.65. The third-order valence-electron chi connectivity index (χ3n) is 7.65. The van der Waals surface area contributed by atoms with Gasteiger partial charge in [-0.2, -0.15) is 0 Å². The molecule has 0 aromatic rings. The van der Waals surface area contributed by atoms with Crippen LogP contribution in [0.5, 0.6) is 0 Å². The van der Waals surface area contributed by atoms with E-state index in [0.29, 0.717) is 0 Å². The first-order chi connectivity index (χ1) is 7.58. The monoisotopic (exact) mass is 218 g/mol. The summed E-state index contributed by atoms with van der Waals surface area (Å²) in [7, 11) is 0. The van der Waals surface area contributed by atoms with Gasteiger partial charge in [0.1, 0.15) is 0 Å². The maximum absolute atomic E-state index is 2.66. The molecule has 0 aliphatic heterocycles. The molecule has 4 atom stereocenters. The van der Waals surface area contributed by atoms with Crippen LogP contribution in [0.3, 0.4) is 0 Å². The minimum absolute atomic E-state index is 0.735. The lowest BCUT2D eigenvalue weighted by molar-refractivity contribution is 0.0944. The van der Waals surface area contributed by atoms with Gasteiger partial charge >= 0.3 is 0 Å². The van der Waals surface area contributed by atoms with Crippen molar-refractivity contribution in [3.05, 3.63) is 0 Å². The molecule has 4 rings (SSSR count). The van der Waals surface area contributed by atoms with Gasteiger partial charge in [-0.1, -0.05) is 39.5 Å². The quantitative estimate of drug-likeness (QED) is 0.541. The fraction of sp³-hybridized carbons (Fsp3) is 1.00. The summed E-state index contributed by atoms with van der Waals surface area (Å²) in [6.45, 7) is 5.33. The van der Waals surface area contributed by atoms with Gasteiger partial charge in [-0.3, -0.25) is 0 Å². The van der Waals surface area contributed by atoms with Crippen LogP contribution < -0.4 is 0 Å². The van der Waals surface area contributed by atoms with Gasteiger partial charge in [0.15, 0.2) is 0 Å².